The van der Waals surface area contributed by atoms with Gasteiger partial charge in [-0.1, -0.05) is 0 Å². The van der Waals surface area contributed by atoms with E-state index in [2.05, 4.69) is 10.4 Å². The van der Waals surface area contributed by atoms with Crippen molar-refractivity contribution in [2.75, 3.05) is 0 Å². The van der Waals surface area contributed by atoms with Crippen LogP contribution >= 0.6 is 0 Å². The van der Waals surface area contributed by atoms with Gasteiger partial charge in [-0.2, -0.15) is 5.10 Å². The van der Waals surface area contributed by atoms with Crippen LogP contribution in [0.4, 0.5) is 4.79 Å². The molecule has 8 nitrogen and oxygen atoms in total. The predicted molar refractivity (Wildman–Crippen MR) is 91.5 cm³/mol. The van der Waals surface area contributed by atoms with E-state index < -0.39 is 29.6 Å². The molecule has 1 saturated heterocycles. The fraction of sp³-hybridized carbons (Fsp3) is 0.706. The van der Waals surface area contributed by atoms with E-state index in [0.717, 1.165) is 5.56 Å². The number of hydrogen-bond donors (Lipinski definition) is 1. The first kappa shape index (κ1) is 19.2. The molecule has 0 aromatic carbocycles. The number of hydrogen-bond acceptors (Lipinski definition) is 5. The molecule has 0 saturated carbocycles. The number of nitrogens with zero attached hydrogens (tertiary/aromatic N) is 3. The molecule has 2 amide bonds. The van der Waals surface area contributed by atoms with Crippen molar-refractivity contribution in [3.63, 3.8) is 0 Å². The minimum atomic E-state index is -0.932. The van der Waals surface area contributed by atoms with Gasteiger partial charge in [0.15, 0.2) is 0 Å². The highest BCUT2D eigenvalue weighted by Gasteiger charge is 2.52. The van der Waals surface area contributed by atoms with Gasteiger partial charge < -0.3 is 14.8 Å². The molecule has 1 aromatic rings. The lowest BCUT2D eigenvalue weighted by molar-refractivity contribution is -0.127. The molecular weight excluding hydrogens is 324 g/mol. The maximum atomic E-state index is 12.7. The lowest BCUT2D eigenvalue weighted by atomic mass is 10.1. The third-order valence-corrected chi connectivity index (χ3v) is 3.86. The van der Waals surface area contributed by atoms with E-state index in [-0.39, 0.29) is 5.91 Å². The topological polar surface area (TPSA) is 85.7 Å². The first-order chi connectivity index (χ1) is 11.4. The van der Waals surface area contributed by atoms with Crippen LogP contribution in [0.15, 0.2) is 12.4 Å². The summed E-state index contributed by atoms with van der Waals surface area (Å²) in [5.74, 6) is -0.284. The Morgan fingerprint density at radius 1 is 1.40 bits per heavy atom. The van der Waals surface area contributed by atoms with Gasteiger partial charge in [0.1, 0.15) is 17.4 Å². The number of carbonyl (C=O) groups is 2. The van der Waals surface area contributed by atoms with Crippen LogP contribution in [0.5, 0.6) is 0 Å². The molecule has 0 bridgehead atoms. The average molecular weight is 352 g/mol. The van der Waals surface area contributed by atoms with Crippen molar-refractivity contribution in [2.24, 2.45) is 7.05 Å². The lowest BCUT2D eigenvalue weighted by Crippen LogP contribution is -2.55. The highest BCUT2D eigenvalue weighted by atomic mass is 16.6. The highest BCUT2D eigenvalue weighted by molar-refractivity contribution is 5.87. The Hall–Kier alpha value is -2.09. The van der Waals surface area contributed by atoms with Gasteiger partial charge in [0, 0.05) is 25.4 Å². The van der Waals surface area contributed by atoms with Crippen LogP contribution in [0, 0.1) is 0 Å². The van der Waals surface area contributed by atoms with Crippen LogP contribution in [0.3, 0.4) is 0 Å². The van der Waals surface area contributed by atoms with Gasteiger partial charge in [-0.3, -0.25) is 14.4 Å². The van der Waals surface area contributed by atoms with Gasteiger partial charge in [-0.25, -0.2) is 4.79 Å². The van der Waals surface area contributed by atoms with Crippen molar-refractivity contribution in [3.8, 4) is 0 Å². The summed E-state index contributed by atoms with van der Waals surface area (Å²) in [5, 5.41) is 6.92. The minimum Gasteiger partial charge on any atom is -0.444 e. The Morgan fingerprint density at radius 2 is 2.04 bits per heavy atom. The number of aryl methyl sites for hydroxylation is 1. The number of ether oxygens (including phenoxy) is 2. The van der Waals surface area contributed by atoms with E-state index in [1.54, 1.807) is 52.4 Å². The zero-order chi connectivity index (χ0) is 19.0. The number of aromatic nitrogens is 2. The summed E-state index contributed by atoms with van der Waals surface area (Å²) in [5.41, 5.74) is -0.709. The monoisotopic (exact) mass is 352 g/mol. The van der Waals surface area contributed by atoms with Crippen LogP contribution in [-0.2, 0) is 27.9 Å². The van der Waals surface area contributed by atoms with Crippen LogP contribution in [0.1, 0.15) is 47.1 Å². The minimum absolute atomic E-state index is 0.284. The first-order valence-electron chi connectivity index (χ1n) is 8.36. The predicted octanol–water partition coefficient (Wildman–Crippen LogP) is 1.80. The molecule has 1 fully saturated rings. The second-order valence-corrected chi connectivity index (χ2v) is 7.80. The second kappa shape index (κ2) is 6.67. The Labute approximate surface area is 148 Å². The molecule has 0 radical (unpaired) electrons. The van der Waals surface area contributed by atoms with E-state index in [1.165, 1.54) is 4.90 Å². The summed E-state index contributed by atoms with van der Waals surface area (Å²) in [4.78, 5) is 26.8. The standard InChI is InChI=1S/C17H28N4O4/c1-11-13(14(22)18-8-12-9-19-20(7)10-12)21(17(5,6)24-11)15(23)25-16(2,3)4/h9-11,13H,8H2,1-7H3,(H,18,22)/t11-,13-/m0/s1. The molecule has 0 spiro atoms. The van der Waals surface area contributed by atoms with Crippen molar-refractivity contribution in [3.05, 3.63) is 18.0 Å². The van der Waals surface area contributed by atoms with Crippen molar-refractivity contribution >= 4 is 12.0 Å². The Bertz CT molecular complexity index is 647. The molecule has 8 heteroatoms. The van der Waals surface area contributed by atoms with Gasteiger partial charge in [-0.15, -0.1) is 0 Å². The molecular formula is C17H28N4O4. The van der Waals surface area contributed by atoms with E-state index in [9.17, 15) is 9.59 Å². The van der Waals surface area contributed by atoms with E-state index in [0.29, 0.717) is 6.54 Å². The third-order valence-electron chi connectivity index (χ3n) is 3.86. The lowest BCUT2D eigenvalue weighted by Gasteiger charge is -2.34. The molecule has 1 aromatic heterocycles. The fourth-order valence-electron chi connectivity index (χ4n) is 2.95. The first-order valence-corrected chi connectivity index (χ1v) is 8.36. The quantitative estimate of drug-likeness (QED) is 0.896. The molecule has 1 aliphatic rings. The summed E-state index contributed by atoms with van der Waals surface area (Å²) in [6.07, 6.45) is 2.49. The van der Waals surface area contributed by atoms with Crippen molar-refractivity contribution in [1.29, 1.82) is 0 Å². The summed E-state index contributed by atoms with van der Waals surface area (Å²) in [6.45, 7) is 11.0. The summed E-state index contributed by atoms with van der Waals surface area (Å²) in [6, 6.07) is -0.762. The maximum Gasteiger partial charge on any atom is 0.413 e. The summed E-state index contributed by atoms with van der Waals surface area (Å²) in [7, 11) is 1.81. The number of amides is 2. The number of nitrogens with one attached hydrogen (secondary N) is 1. The molecule has 0 aliphatic carbocycles. The molecule has 25 heavy (non-hydrogen) atoms. The van der Waals surface area contributed by atoms with Crippen LogP contribution in [0.25, 0.3) is 0 Å². The van der Waals surface area contributed by atoms with Crippen LogP contribution in [0.2, 0.25) is 0 Å². The Balaban J connectivity index is 2.14. The SMILES string of the molecule is C[C@@H]1OC(C)(C)N(C(=O)OC(C)(C)C)[C@@H]1C(=O)NCc1cnn(C)c1. The van der Waals surface area contributed by atoms with Gasteiger partial charge in [0.25, 0.3) is 0 Å². The molecule has 0 unspecified atom stereocenters. The zero-order valence-electron chi connectivity index (χ0n) is 16.0. The maximum absolute atomic E-state index is 12.7. The molecule has 2 atom stereocenters. The molecule has 2 heterocycles. The summed E-state index contributed by atoms with van der Waals surface area (Å²) < 4.78 is 13.0. The van der Waals surface area contributed by atoms with Crippen molar-refractivity contribution in [2.45, 2.75) is 71.6 Å². The van der Waals surface area contributed by atoms with Crippen LogP contribution in [-0.4, -0.2) is 50.2 Å². The average Bonchev–Trinajstić information content (AvgIpc) is 2.94. The van der Waals surface area contributed by atoms with Gasteiger partial charge >= 0.3 is 6.09 Å². The number of rotatable bonds is 3. The molecule has 1 N–H and O–H groups in total. The van der Waals surface area contributed by atoms with Gasteiger partial charge in [0.05, 0.1) is 12.3 Å². The molecule has 1 aliphatic heterocycles. The fourth-order valence-corrected chi connectivity index (χ4v) is 2.95. The molecule has 140 valence electrons. The largest absolute Gasteiger partial charge is 0.444 e. The van der Waals surface area contributed by atoms with E-state index >= 15 is 0 Å². The van der Waals surface area contributed by atoms with E-state index in [1.807, 2.05) is 13.2 Å². The molecule has 2 rings (SSSR count). The number of carbonyl (C=O) groups excluding carboxylic acids is 2. The van der Waals surface area contributed by atoms with Crippen molar-refractivity contribution in [1.82, 2.24) is 20.0 Å². The smallest absolute Gasteiger partial charge is 0.413 e. The van der Waals surface area contributed by atoms with Gasteiger partial charge in [-0.05, 0) is 41.5 Å². The van der Waals surface area contributed by atoms with Crippen LogP contribution < -0.4 is 5.32 Å². The Morgan fingerprint density at radius 3 is 2.56 bits per heavy atom. The van der Waals surface area contributed by atoms with Gasteiger partial charge in [0.2, 0.25) is 5.91 Å². The summed E-state index contributed by atoms with van der Waals surface area (Å²) >= 11 is 0. The Kier molecular flexibility index (Phi) is 5.13. The van der Waals surface area contributed by atoms with Crippen molar-refractivity contribution < 1.29 is 19.1 Å². The van der Waals surface area contributed by atoms with E-state index in [4.69, 9.17) is 9.47 Å². The third kappa shape index (κ3) is 4.50. The zero-order valence-corrected chi connectivity index (χ0v) is 16.0. The second-order valence-electron chi connectivity index (χ2n) is 7.80. The normalized spacial score (nSPS) is 22.8. The highest BCUT2D eigenvalue weighted by Crippen LogP contribution is 2.33.